The van der Waals surface area contributed by atoms with Gasteiger partial charge in [-0.1, -0.05) is 113 Å². The van der Waals surface area contributed by atoms with E-state index in [4.69, 9.17) is 9.47 Å². The molecule has 0 bridgehead atoms. The minimum atomic E-state index is 0.0584. The first-order valence-electron chi connectivity index (χ1n) is 16.0. The number of ketones is 1. The van der Waals surface area contributed by atoms with Crippen LogP contribution in [0.4, 0.5) is 0 Å². The largest absolute Gasteiger partial charge is 0.488 e. The Labute approximate surface area is 255 Å². The fourth-order valence-corrected chi connectivity index (χ4v) is 5.70. The van der Waals surface area contributed by atoms with Gasteiger partial charge >= 0.3 is 0 Å². The van der Waals surface area contributed by atoms with E-state index in [-0.39, 0.29) is 11.9 Å². The zero-order chi connectivity index (χ0) is 30.7. The quantitative estimate of drug-likeness (QED) is 0.254. The molecular weight excluding hydrogens is 516 g/mol. The summed E-state index contributed by atoms with van der Waals surface area (Å²) < 4.78 is 10.9. The van der Waals surface area contributed by atoms with Crippen LogP contribution < -0.4 is 4.74 Å². The second-order valence-electron chi connectivity index (χ2n) is 11.9. The molecule has 1 saturated carbocycles. The Balaban J connectivity index is 0.000000243. The van der Waals surface area contributed by atoms with Crippen molar-refractivity contribution >= 4 is 11.4 Å². The number of rotatable bonds is 8. The van der Waals surface area contributed by atoms with Crippen molar-refractivity contribution in [2.45, 2.75) is 99.5 Å². The van der Waals surface area contributed by atoms with Crippen LogP contribution in [-0.4, -0.2) is 25.1 Å². The highest BCUT2D eigenvalue weighted by Gasteiger charge is 2.39. The molecule has 0 amide bonds. The van der Waals surface area contributed by atoms with E-state index in [0.717, 1.165) is 18.8 Å². The normalized spacial score (nSPS) is 16.9. The van der Waals surface area contributed by atoms with Crippen LogP contribution in [0.3, 0.4) is 0 Å². The maximum atomic E-state index is 11.2. The lowest BCUT2D eigenvalue weighted by Crippen LogP contribution is -2.30. The lowest BCUT2D eigenvalue weighted by Gasteiger charge is -2.44. The number of aryl methyl sites for hydroxylation is 1. The Hall–Kier alpha value is -3.17. The second kappa shape index (κ2) is 15.9. The van der Waals surface area contributed by atoms with Gasteiger partial charge in [-0.3, -0.25) is 4.79 Å². The molecule has 1 aliphatic heterocycles. The van der Waals surface area contributed by atoms with Crippen LogP contribution in [0.15, 0.2) is 78.4 Å². The summed E-state index contributed by atoms with van der Waals surface area (Å²) in [5, 5.41) is 0. The summed E-state index contributed by atoms with van der Waals surface area (Å²) in [5.41, 5.74) is 9.85. The standard InChI is InChI=1S/C25H32.C12H14O3.C2H6/c1-6-25(7-2)16-23(17-25)24(21-10-8-19(5)9-11-21)22-14-12-20(13-15-22)18(3)4;1-9(13)10-3-2-4-11(7-10)15-12-5-6-14-8-12;1-2/h8-15,18H,6-7,16-17H2,1-5H3;2-4,7,12H,5-6,8H2,1H3;1-2H3. The molecular formula is C39H52O3. The second-order valence-corrected chi connectivity index (χ2v) is 11.9. The van der Waals surface area contributed by atoms with Crippen LogP contribution in [0, 0.1) is 12.3 Å². The Kier molecular flexibility index (Phi) is 12.6. The maximum absolute atomic E-state index is 11.2. The molecule has 0 N–H and O–H groups in total. The zero-order valence-electron chi connectivity index (χ0n) is 27.3. The Bertz CT molecular complexity index is 1280. The summed E-state index contributed by atoms with van der Waals surface area (Å²) in [5.74, 6) is 1.39. The topological polar surface area (TPSA) is 35.5 Å². The van der Waals surface area contributed by atoms with Gasteiger partial charge in [0.05, 0.1) is 13.2 Å². The smallest absolute Gasteiger partial charge is 0.159 e. The lowest BCUT2D eigenvalue weighted by molar-refractivity contribution is 0.101. The highest BCUT2D eigenvalue weighted by Crippen LogP contribution is 2.53. The van der Waals surface area contributed by atoms with Crippen LogP contribution >= 0.6 is 0 Å². The van der Waals surface area contributed by atoms with Gasteiger partial charge in [0, 0.05) is 12.0 Å². The predicted octanol–water partition coefficient (Wildman–Crippen LogP) is 10.6. The van der Waals surface area contributed by atoms with Crippen molar-refractivity contribution in [2.75, 3.05) is 13.2 Å². The molecule has 1 saturated heterocycles. The van der Waals surface area contributed by atoms with E-state index in [2.05, 4.69) is 83.1 Å². The first-order chi connectivity index (χ1) is 20.2. The van der Waals surface area contributed by atoms with E-state index < -0.39 is 0 Å². The van der Waals surface area contributed by atoms with E-state index in [1.54, 1.807) is 24.6 Å². The first-order valence-corrected chi connectivity index (χ1v) is 16.0. The molecule has 0 aromatic heterocycles. The van der Waals surface area contributed by atoms with Gasteiger partial charge in [-0.25, -0.2) is 0 Å². The van der Waals surface area contributed by atoms with E-state index >= 15 is 0 Å². The number of allylic oxidation sites excluding steroid dienone is 1. The molecule has 2 aliphatic rings. The van der Waals surface area contributed by atoms with E-state index in [1.165, 1.54) is 53.5 Å². The summed E-state index contributed by atoms with van der Waals surface area (Å²) in [7, 11) is 0. The van der Waals surface area contributed by atoms with Crippen molar-refractivity contribution in [3.8, 4) is 5.75 Å². The van der Waals surface area contributed by atoms with Gasteiger partial charge in [-0.15, -0.1) is 0 Å². The number of ether oxygens (including phenoxy) is 2. The Morgan fingerprint density at radius 3 is 2.00 bits per heavy atom. The van der Waals surface area contributed by atoms with Crippen molar-refractivity contribution in [1.82, 2.24) is 0 Å². The third-order valence-electron chi connectivity index (χ3n) is 8.67. The Morgan fingerprint density at radius 1 is 0.905 bits per heavy atom. The molecule has 3 aromatic carbocycles. The average Bonchev–Trinajstić information content (AvgIpc) is 3.50. The molecule has 1 atom stereocenters. The molecule has 3 nitrogen and oxygen atoms in total. The van der Waals surface area contributed by atoms with Crippen molar-refractivity contribution < 1.29 is 14.3 Å². The van der Waals surface area contributed by atoms with Crippen molar-refractivity contribution in [1.29, 1.82) is 0 Å². The van der Waals surface area contributed by atoms with Crippen LogP contribution in [0.2, 0.25) is 0 Å². The molecule has 0 radical (unpaired) electrons. The molecule has 0 spiro atoms. The van der Waals surface area contributed by atoms with Gasteiger partial charge in [-0.05, 0) is 85.3 Å². The molecule has 1 unspecified atom stereocenters. The van der Waals surface area contributed by atoms with Gasteiger partial charge in [0.2, 0.25) is 0 Å². The maximum Gasteiger partial charge on any atom is 0.159 e. The zero-order valence-corrected chi connectivity index (χ0v) is 27.3. The molecule has 1 aliphatic carbocycles. The minimum Gasteiger partial charge on any atom is -0.488 e. The van der Waals surface area contributed by atoms with Crippen LogP contribution in [-0.2, 0) is 4.74 Å². The van der Waals surface area contributed by atoms with Crippen molar-refractivity contribution in [3.63, 3.8) is 0 Å². The fraction of sp³-hybridized carbons (Fsp3) is 0.462. The summed E-state index contributed by atoms with van der Waals surface area (Å²) in [6.07, 6.45) is 6.16. The predicted molar refractivity (Wildman–Crippen MR) is 178 cm³/mol. The third kappa shape index (κ3) is 8.67. The summed E-state index contributed by atoms with van der Waals surface area (Å²) in [6, 6.07) is 25.6. The summed E-state index contributed by atoms with van der Waals surface area (Å²) >= 11 is 0. The van der Waals surface area contributed by atoms with Gasteiger partial charge in [-0.2, -0.15) is 0 Å². The summed E-state index contributed by atoms with van der Waals surface area (Å²) in [6.45, 7) is 18.3. The monoisotopic (exact) mass is 568 g/mol. The van der Waals surface area contributed by atoms with Gasteiger partial charge in [0.1, 0.15) is 11.9 Å². The van der Waals surface area contributed by atoms with Crippen molar-refractivity contribution in [2.24, 2.45) is 5.41 Å². The number of carbonyl (C=O) groups is 1. The number of carbonyl (C=O) groups excluding carboxylic acids is 1. The molecule has 3 aromatic rings. The Morgan fingerprint density at radius 2 is 1.50 bits per heavy atom. The van der Waals surface area contributed by atoms with Gasteiger partial charge in [0.15, 0.2) is 5.78 Å². The molecule has 3 heteroatoms. The molecule has 42 heavy (non-hydrogen) atoms. The van der Waals surface area contributed by atoms with E-state index in [1.807, 2.05) is 26.0 Å². The van der Waals surface area contributed by atoms with Crippen LogP contribution in [0.1, 0.15) is 119 Å². The molecule has 226 valence electrons. The van der Waals surface area contributed by atoms with Gasteiger partial charge < -0.3 is 9.47 Å². The third-order valence-corrected chi connectivity index (χ3v) is 8.67. The van der Waals surface area contributed by atoms with Gasteiger partial charge in [0.25, 0.3) is 0 Å². The van der Waals surface area contributed by atoms with Crippen LogP contribution in [0.25, 0.3) is 5.57 Å². The molecule has 2 fully saturated rings. The minimum absolute atomic E-state index is 0.0584. The molecule has 1 heterocycles. The van der Waals surface area contributed by atoms with E-state index in [0.29, 0.717) is 23.5 Å². The number of hydrogen-bond acceptors (Lipinski definition) is 3. The highest BCUT2D eigenvalue weighted by atomic mass is 16.5. The first kappa shape index (κ1) is 33.3. The number of benzene rings is 3. The van der Waals surface area contributed by atoms with E-state index in [9.17, 15) is 4.79 Å². The molecule has 5 rings (SSSR count). The average molecular weight is 569 g/mol. The fourth-order valence-electron chi connectivity index (χ4n) is 5.70. The van der Waals surface area contributed by atoms with Crippen molar-refractivity contribution in [3.05, 3.63) is 106 Å². The SMILES string of the molecule is CC.CC(=O)c1cccc(OC2CCOC2)c1.CCC1(CC)CC(=C(c2ccc(C)cc2)c2ccc(C(C)C)cc2)C1. The van der Waals surface area contributed by atoms with Crippen LogP contribution in [0.5, 0.6) is 5.75 Å². The number of hydrogen-bond donors (Lipinski definition) is 0. The summed E-state index contributed by atoms with van der Waals surface area (Å²) in [4.78, 5) is 11.2. The number of Topliss-reactive ketones (excluding diaryl/α,β-unsaturated/α-hetero) is 1. The lowest BCUT2D eigenvalue weighted by atomic mass is 9.60. The highest BCUT2D eigenvalue weighted by molar-refractivity contribution is 5.94.